The van der Waals surface area contributed by atoms with Crippen LogP contribution in [0.5, 0.6) is 0 Å². The van der Waals surface area contributed by atoms with Gasteiger partial charge in [-0.3, -0.25) is 0 Å². The summed E-state index contributed by atoms with van der Waals surface area (Å²) in [5.74, 6) is 0. The Morgan fingerprint density at radius 3 is 1.24 bits per heavy atom. The Hall–Kier alpha value is 0.829. The molecule has 0 radical (unpaired) electrons. The average molecular weight is 306 g/mol. The van der Waals surface area contributed by atoms with E-state index in [2.05, 4.69) is 35.9 Å². The number of hydrogen-bond donors (Lipinski definition) is 0. The number of unbranched alkanes of at least 4 members (excludes halogenated alkanes) is 3. The van der Waals surface area contributed by atoms with Crippen molar-refractivity contribution in [1.29, 1.82) is 0 Å². The molecule has 0 amide bonds. The third kappa shape index (κ3) is 10.4. The first-order valence-corrected chi connectivity index (χ1v) is 9.59. The van der Waals surface area contributed by atoms with Crippen LogP contribution in [0.4, 0.5) is 0 Å². The molecule has 0 bridgehead atoms. The third-order valence-corrected chi connectivity index (χ3v) is 4.96. The molecule has 0 saturated carbocycles. The Morgan fingerprint density at radius 2 is 1.00 bits per heavy atom. The second kappa shape index (κ2) is 11.9. The van der Waals surface area contributed by atoms with Gasteiger partial charge in [0.2, 0.25) is 0 Å². The van der Waals surface area contributed by atoms with Crippen molar-refractivity contribution in [1.82, 2.24) is 0 Å². The van der Waals surface area contributed by atoms with Gasteiger partial charge in [-0.1, -0.05) is 0 Å². The summed E-state index contributed by atoms with van der Waals surface area (Å²) < 4.78 is 17.2. The van der Waals surface area contributed by atoms with E-state index in [1.807, 2.05) is 0 Å². The van der Waals surface area contributed by atoms with Crippen molar-refractivity contribution in [2.75, 3.05) is 19.8 Å². The molecule has 0 aliphatic carbocycles. The van der Waals surface area contributed by atoms with Crippen molar-refractivity contribution in [3.8, 4) is 0 Å². The molecule has 3 nitrogen and oxygen atoms in total. The van der Waals surface area contributed by atoms with Gasteiger partial charge in [0, 0.05) is 0 Å². The first-order chi connectivity index (χ1) is 8.18. The normalized spacial score (nSPS) is 12.0. The molecule has 0 aromatic rings. The Kier molecular flexibility index (Phi) is 12.5. The second-order valence-corrected chi connectivity index (χ2v) is 7.40. The van der Waals surface area contributed by atoms with E-state index in [9.17, 15) is 0 Å². The predicted molar refractivity (Wildman–Crippen MR) is 69.5 cm³/mol. The molecule has 0 aliphatic heterocycles. The molecule has 0 atom stereocenters. The van der Waals surface area contributed by atoms with Gasteiger partial charge in [0.15, 0.2) is 0 Å². The summed E-state index contributed by atoms with van der Waals surface area (Å²) in [6.07, 6.45) is 4.14. The van der Waals surface area contributed by atoms with Crippen LogP contribution in [0.25, 0.3) is 0 Å². The van der Waals surface area contributed by atoms with Crippen LogP contribution >= 0.6 is 6.19 Å². The molecule has 0 unspecified atom stereocenters. The molecule has 0 aliphatic rings. The Balaban J connectivity index is 4.00. The topological polar surface area (TPSA) is 27.7 Å². The fourth-order valence-corrected chi connectivity index (χ4v) is 3.22. The van der Waals surface area contributed by atoms with Crippen molar-refractivity contribution >= 4 is 6.19 Å². The van der Waals surface area contributed by atoms with Gasteiger partial charge in [0.1, 0.15) is 0 Å². The van der Waals surface area contributed by atoms with Crippen LogP contribution in [0.1, 0.15) is 59.3 Å². The molecule has 0 rings (SSSR count). The average Bonchev–Trinajstić information content (AvgIpc) is 2.30. The van der Waals surface area contributed by atoms with Gasteiger partial charge in [-0.25, -0.2) is 0 Å². The van der Waals surface area contributed by atoms with E-state index >= 15 is 0 Å². The summed E-state index contributed by atoms with van der Waals surface area (Å²) in [5.41, 5.74) is 0. The van der Waals surface area contributed by atoms with Crippen molar-refractivity contribution in [2.24, 2.45) is 0 Å². The first-order valence-electron chi connectivity index (χ1n) is 6.69. The van der Waals surface area contributed by atoms with E-state index in [0.29, 0.717) is 19.8 Å². The van der Waals surface area contributed by atoms with Gasteiger partial charge in [-0.2, -0.15) is 0 Å². The molecular weight excluding hydrogens is 279 g/mol. The number of rotatable bonds is 12. The molecule has 0 N–H and O–H groups in total. The van der Waals surface area contributed by atoms with Crippen molar-refractivity contribution in [2.45, 2.75) is 59.3 Å². The maximum absolute atomic E-state index is 5.72. The zero-order valence-electron chi connectivity index (χ0n) is 11.4. The molecule has 0 heterocycles. The molecular formula is C12H27FeO3P. The van der Waals surface area contributed by atoms with Crippen LogP contribution < -0.4 is 0 Å². The monoisotopic (exact) mass is 306 g/mol. The second-order valence-electron chi connectivity index (χ2n) is 3.98. The van der Waals surface area contributed by atoms with Gasteiger partial charge < -0.3 is 0 Å². The molecule has 0 saturated heterocycles. The summed E-state index contributed by atoms with van der Waals surface area (Å²) in [6, 6.07) is 0. The van der Waals surface area contributed by atoms with Gasteiger partial charge in [-0.15, -0.1) is 0 Å². The SMILES string of the molecule is CCCCO[P](=[Fe])(OCCCC)OCCCC. The van der Waals surface area contributed by atoms with E-state index in [4.69, 9.17) is 13.6 Å². The molecule has 0 aromatic heterocycles. The van der Waals surface area contributed by atoms with Crippen LogP contribution in [0.2, 0.25) is 0 Å². The van der Waals surface area contributed by atoms with Gasteiger partial charge in [0.05, 0.1) is 0 Å². The van der Waals surface area contributed by atoms with Gasteiger partial charge in [-0.05, 0) is 0 Å². The molecule has 0 spiro atoms. The minimum absolute atomic E-state index is 0.687. The Labute approximate surface area is 114 Å². The standard InChI is InChI=1S/C12H27O3P.Fe/c1-4-7-10-13-16(14-11-8-5-2)15-12-9-6-3;/h4-12H2,1-3H3;. The van der Waals surface area contributed by atoms with E-state index in [1.54, 1.807) is 0 Å². The van der Waals surface area contributed by atoms with Crippen LogP contribution in [0.15, 0.2) is 0 Å². The quantitative estimate of drug-likeness (QED) is 0.298. The summed E-state index contributed by atoms with van der Waals surface area (Å²) in [7, 11) is 0. The van der Waals surface area contributed by atoms with Gasteiger partial charge in [0.25, 0.3) is 0 Å². The van der Waals surface area contributed by atoms with E-state index in [0.717, 1.165) is 38.5 Å². The van der Waals surface area contributed by atoms with Crippen LogP contribution in [0, 0.1) is 0 Å². The minimum atomic E-state index is -2.31. The molecule has 17 heavy (non-hydrogen) atoms. The van der Waals surface area contributed by atoms with E-state index < -0.39 is 6.19 Å². The zero-order valence-corrected chi connectivity index (χ0v) is 13.4. The first kappa shape index (κ1) is 17.8. The molecule has 0 fully saturated rings. The van der Waals surface area contributed by atoms with E-state index in [1.165, 1.54) is 0 Å². The summed E-state index contributed by atoms with van der Waals surface area (Å²) >= 11 is 4.03. The van der Waals surface area contributed by atoms with Gasteiger partial charge >= 0.3 is 114 Å². The van der Waals surface area contributed by atoms with E-state index in [-0.39, 0.29) is 0 Å². The summed E-state index contributed by atoms with van der Waals surface area (Å²) in [4.78, 5) is 0. The number of hydrogen-bond acceptors (Lipinski definition) is 3. The zero-order chi connectivity index (χ0) is 13.0. The van der Waals surface area contributed by atoms with Crippen molar-refractivity contribution in [3.63, 3.8) is 0 Å². The predicted octanol–water partition coefficient (Wildman–Crippen LogP) is 4.66. The fraction of sp³-hybridized carbons (Fsp3) is 1.00. The summed E-state index contributed by atoms with van der Waals surface area (Å²) in [6.45, 7) is 8.48. The molecule has 0 aromatic carbocycles. The summed E-state index contributed by atoms with van der Waals surface area (Å²) in [5, 5.41) is 0. The molecule has 5 heteroatoms. The maximum atomic E-state index is 5.72. The van der Waals surface area contributed by atoms with Crippen molar-refractivity contribution < 1.29 is 28.7 Å². The Morgan fingerprint density at radius 1 is 0.706 bits per heavy atom. The van der Waals surface area contributed by atoms with Crippen LogP contribution in [-0.4, -0.2) is 19.8 Å². The third-order valence-electron chi connectivity index (χ3n) is 2.22. The fourth-order valence-electron chi connectivity index (χ4n) is 1.06. The van der Waals surface area contributed by atoms with Crippen molar-refractivity contribution in [3.05, 3.63) is 0 Å². The van der Waals surface area contributed by atoms with Crippen LogP contribution in [0.3, 0.4) is 0 Å². The van der Waals surface area contributed by atoms with Crippen LogP contribution in [-0.2, 0) is 28.7 Å². The Bertz CT molecular complexity index is 179. The molecule has 106 valence electrons.